The smallest absolute Gasteiger partial charge is 0.199 e. The second-order valence-electron chi connectivity index (χ2n) is 6.25. The zero-order valence-electron chi connectivity index (χ0n) is 14.6. The molecule has 4 nitrogen and oxygen atoms in total. The van der Waals surface area contributed by atoms with Gasteiger partial charge in [0.1, 0.15) is 0 Å². The molecule has 25 heavy (non-hydrogen) atoms. The highest BCUT2D eigenvalue weighted by Crippen LogP contribution is 2.20. The molecular weight excluding hydrogens is 352 g/mol. The SMILES string of the molecule is Cc1ccccc1CN(C)Cn1nc(-c2ccc(Cl)cc2)n(C)c1=S. The third kappa shape index (κ3) is 4.00. The minimum atomic E-state index is 0.634. The summed E-state index contributed by atoms with van der Waals surface area (Å²) in [5.41, 5.74) is 3.60. The van der Waals surface area contributed by atoms with E-state index in [0.29, 0.717) is 16.5 Å². The number of benzene rings is 2. The molecule has 2 aromatic carbocycles. The third-order valence-corrected chi connectivity index (χ3v) is 4.96. The number of aryl methyl sites for hydroxylation is 1. The molecule has 3 aromatic rings. The lowest BCUT2D eigenvalue weighted by Crippen LogP contribution is -2.23. The van der Waals surface area contributed by atoms with E-state index in [1.54, 1.807) is 0 Å². The molecule has 0 saturated heterocycles. The molecule has 1 aromatic heterocycles. The van der Waals surface area contributed by atoms with Crippen LogP contribution >= 0.6 is 23.8 Å². The summed E-state index contributed by atoms with van der Waals surface area (Å²) in [5, 5.41) is 5.41. The Balaban J connectivity index is 1.81. The van der Waals surface area contributed by atoms with Crippen LogP contribution in [0.4, 0.5) is 0 Å². The van der Waals surface area contributed by atoms with Gasteiger partial charge in [0.25, 0.3) is 0 Å². The van der Waals surface area contributed by atoms with Crippen LogP contribution in [0.5, 0.6) is 0 Å². The summed E-state index contributed by atoms with van der Waals surface area (Å²) >= 11 is 11.5. The van der Waals surface area contributed by atoms with Crippen LogP contribution < -0.4 is 0 Å². The highest BCUT2D eigenvalue weighted by Gasteiger charge is 2.12. The number of nitrogens with zero attached hydrogens (tertiary/aromatic N) is 4. The fourth-order valence-corrected chi connectivity index (χ4v) is 3.10. The molecule has 3 rings (SSSR count). The Morgan fingerprint density at radius 1 is 1.12 bits per heavy atom. The number of halogens is 1. The van der Waals surface area contributed by atoms with Crippen molar-refractivity contribution in [3.63, 3.8) is 0 Å². The molecule has 0 bridgehead atoms. The van der Waals surface area contributed by atoms with Crippen molar-refractivity contribution < 1.29 is 0 Å². The van der Waals surface area contributed by atoms with Crippen LogP contribution in [0.1, 0.15) is 11.1 Å². The van der Waals surface area contributed by atoms with E-state index < -0.39 is 0 Å². The van der Waals surface area contributed by atoms with E-state index in [0.717, 1.165) is 17.9 Å². The van der Waals surface area contributed by atoms with Crippen molar-refractivity contribution in [2.45, 2.75) is 20.1 Å². The standard InChI is InChI=1S/C19H21ClN4S/c1-14-6-4-5-7-16(14)12-22(2)13-24-19(25)23(3)18(21-24)15-8-10-17(20)11-9-15/h4-11H,12-13H2,1-3H3. The summed E-state index contributed by atoms with van der Waals surface area (Å²) in [6.07, 6.45) is 0. The molecule has 0 aliphatic heterocycles. The number of aromatic nitrogens is 3. The number of hydrogen-bond donors (Lipinski definition) is 0. The maximum Gasteiger partial charge on any atom is 0.199 e. The van der Waals surface area contributed by atoms with Gasteiger partial charge in [-0.1, -0.05) is 35.9 Å². The average Bonchev–Trinajstić information content (AvgIpc) is 2.86. The van der Waals surface area contributed by atoms with Crippen LogP contribution in [0, 0.1) is 11.7 Å². The van der Waals surface area contributed by atoms with Gasteiger partial charge in [0.15, 0.2) is 10.6 Å². The maximum absolute atomic E-state index is 5.97. The summed E-state index contributed by atoms with van der Waals surface area (Å²) in [5.74, 6) is 0.839. The van der Waals surface area contributed by atoms with Crippen molar-refractivity contribution in [3.8, 4) is 11.4 Å². The van der Waals surface area contributed by atoms with E-state index in [2.05, 4.69) is 43.1 Å². The van der Waals surface area contributed by atoms with Crippen LogP contribution in [0.3, 0.4) is 0 Å². The van der Waals surface area contributed by atoms with Crippen molar-refractivity contribution in [3.05, 3.63) is 69.5 Å². The Morgan fingerprint density at radius 2 is 1.80 bits per heavy atom. The molecule has 0 saturated carbocycles. The molecule has 0 spiro atoms. The van der Waals surface area contributed by atoms with Gasteiger partial charge in [0.2, 0.25) is 0 Å². The molecule has 6 heteroatoms. The predicted octanol–water partition coefficient (Wildman–Crippen LogP) is 4.67. The Hall–Kier alpha value is -1.95. The van der Waals surface area contributed by atoms with Gasteiger partial charge in [-0.2, -0.15) is 5.10 Å². The lowest BCUT2D eigenvalue weighted by atomic mass is 10.1. The molecular formula is C19H21ClN4S. The van der Waals surface area contributed by atoms with E-state index in [1.165, 1.54) is 11.1 Å². The van der Waals surface area contributed by atoms with Crippen molar-refractivity contribution in [1.82, 2.24) is 19.2 Å². The van der Waals surface area contributed by atoms with Crippen LogP contribution in [-0.4, -0.2) is 26.3 Å². The van der Waals surface area contributed by atoms with Gasteiger partial charge in [-0.25, -0.2) is 4.68 Å². The monoisotopic (exact) mass is 372 g/mol. The summed E-state index contributed by atoms with van der Waals surface area (Å²) in [4.78, 5) is 2.21. The normalized spacial score (nSPS) is 11.2. The average molecular weight is 373 g/mol. The molecule has 0 atom stereocenters. The molecule has 0 unspecified atom stereocenters. The minimum absolute atomic E-state index is 0.634. The van der Waals surface area contributed by atoms with Crippen LogP contribution in [-0.2, 0) is 20.3 Å². The van der Waals surface area contributed by atoms with Gasteiger partial charge < -0.3 is 4.57 Å². The lowest BCUT2D eigenvalue weighted by molar-refractivity contribution is 0.243. The Kier molecular flexibility index (Phi) is 5.37. The Bertz CT molecular complexity index is 927. The van der Waals surface area contributed by atoms with Crippen molar-refractivity contribution in [1.29, 1.82) is 0 Å². The fourth-order valence-electron chi connectivity index (χ4n) is 2.79. The molecule has 0 aliphatic rings. The van der Waals surface area contributed by atoms with E-state index in [-0.39, 0.29) is 0 Å². The van der Waals surface area contributed by atoms with E-state index in [1.807, 2.05) is 40.6 Å². The zero-order valence-corrected chi connectivity index (χ0v) is 16.2. The lowest BCUT2D eigenvalue weighted by Gasteiger charge is -2.17. The summed E-state index contributed by atoms with van der Waals surface area (Å²) in [6.45, 7) is 3.62. The van der Waals surface area contributed by atoms with Crippen LogP contribution in [0.25, 0.3) is 11.4 Å². The fraction of sp³-hybridized carbons (Fsp3) is 0.263. The number of hydrogen-bond acceptors (Lipinski definition) is 3. The minimum Gasteiger partial charge on any atom is -0.303 e. The van der Waals surface area contributed by atoms with Gasteiger partial charge in [0, 0.05) is 24.2 Å². The van der Waals surface area contributed by atoms with Gasteiger partial charge in [0.05, 0.1) is 6.67 Å². The van der Waals surface area contributed by atoms with E-state index >= 15 is 0 Å². The molecule has 0 aliphatic carbocycles. The van der Waals surface area contributed by atoms with Gasteiger partial charge in [-0.15, -0.1) is 0 Å². The predicted molar refractivity (Wildman–Crippen MR) is 105 cm³/mol. The summed E-state index contributed by atoms with van der Waals surface area (Å²) < 4.78 is 4.49. The summed E-state index contributed by atoms with van der Waals surface area (Å²) in [6, 6.07) is 16.1. The van der Waals surface area contributed by atoms with Gasteiger partial charge in [-0.3, -0.25) is 4.90 Å². The zero-order chi connectivity index (χ0) is 18.0. The maximum atomic E-state index is 5.97. The second kappa shape index (κ2) is 7.52. The topological polar surface area (TPSA) is 26.0 Å². The first-order chi connectivity index (χ1) is 12.0. The highest BCUT2D eigenvalue weighted by molar-refractivity contribution is 7.71. The van der Waals surface area contributed by atoms with Crippen molar-refractivity contribution in [2.24, 2.45) is 7.05 Å². The molecule has 0 N–H and O–H groups in total. The molecule has 130 valence electrons. The first-order valence-corrected chi connectivity index (χ1v) is 8.87. The van der Waals surface area contributed by atoms with E-state index in [4.69, 9.17) is 28.9 Å². The quantitative estimate of drug-likeness (QED) is 0.609. The number of rotatable bonds is 5. The van der Waals surface area contributed by atoms with Crippen LogP contribution in [0.15, 0.2) is 48.5 Å². The van der Waals surface area contributed by atoms with Gasteiger partial charge in [-0.05, 0) is 61.6 Å². The van der Waals surface area contributed by atoms with Gasteiger partial charge >= 0.3 is 0 Å². The van der Waals surface area contributed by atoms with Crippen molar-refractivity contribution >= 4 is 23.8 Å². The first-order valence-electron chi connectivity index (χ1n) is 8.08. The molecule has 1 heterocycles. The first kappa shape index (κ1) is 17.9. The molecule has 0 radical (unpaired) electrons. The Morgan fingerprint density at radius 3 is 2.48 bits per heavy atom. The van der Waals surface area contributed by atoms with Crippen molar-refractivity contribution in [2.75, 3.05) is 7.05 Å². The molecule has 0 fully saturated rings. The second-order valence-corrected chi connectivity index (χ2v) is 7.06. The van der Waals surface area contributed by atoms with E-state index in [9.17, 15) is 0 Å². The Labute approximate surface area is 158 Å². The van der Waals surface area contributed by atoms with Crippen LogP contribution in [0.2, 0.25) is 5.02 Å². The molecule has 0 amide bonds. The summed E-state index contributed by atoms with van der Waals surface area (Å²) in [7, 11) is 4.02. The third-order valence-electron chi connectivity index (χ3n) is 4.22. The largest absolute Gasteiger partial charge is 0.303 e. The highest BCUT2D eigenvalue weighted by atomic mass is 35.5.